The van der Waals surface area contributed by atoms with E-state index in [1.165, 1.54) is 0 Å². The van der Waals surface area contributed by atoms with Crippen LogP contribution in [0.1, 0.15) is 24.2 Å². The molecule has 1 aliphatic rings. The van der Waals surface area contributed by atoms with Gasteiger partial charge >= 0.3 is 5.97 Å². The Morgan fingerprint density at radius 2 is 2.48 bits per heavy atom. The first-order valence-electron chi connectivity index (χ1n) is 7.06. The van der Waals surface area contributed by atoms with Crippen LogP contribution in [0.5, 0.6) is 0 Å². The average molecular weight is 290 g/mol. The number of pyridine rings is 1. The number of H-pyrrole nitrogens is 1. The van der Waals surface area contributed by atoms with Gasteiger partial charge in [0, 0.05) is 6.54 Å². The molecular weight excluding hydrogens is 272 g/mol. The summed E-state index contributed by atoms with van der Waals surface area (Å²) in [6, 6.07) is 1.99. The highest BCUT2D eigenvalue weighted by molar-refractivity contribution is 6.03. The van der Waals surface area contributed by atoms with E-state index in [4.69, 9.17) is 9.47 Å². The lowest BCUT2D eigenvalue weighted by Gasteiger charge is -2.34. The molecule has 0 unspecified atom stereocenters. The van der Waals surface area contributed by atoms with Crippen LogP contribution in [0.3, 0.4) is 0 Å². The lowest BCUT2D eigenvalue weighted by atomic mass is 10.1. The number of morpholine rings is 1. The molecule has 1 aliphatic heterocycles. The van der Waals surface area contributed by atoms with E-state index in [0.717, 1.165) is 12.4 Å². The number of rotatable bonds is 3. The van der Waals surface area contributed by atoms with Crippen molar-refractivity contribution in [2.24, 2.45) is 0 Å². The van der Waals surface area contributed by atoms with Crippen LogP contribution in [0.4, 0.5) is 5.82 Å². The number of nitrogens with zero attached hydrogens (tertiary/aromatic N) is 3. The summed E-state index contributed by atoms with van der Waals surface area (Å²) in [5.41, 5.74) is 1.08. The van der Waals surface area contributed by atoms with E-state index in [2.05, 4.69) is 27.0 Å². The van der Waals surface area contributed by atoms with Crippen LogP contribution in [0.2, 0.25) is 0 Å². The number of nitrogens with one attached hydrogen (secondary N) is 1. The Labute approximate surface area is 122 Å². The Bertz CT molecular complexity index is 655. The third-order valence-corrected chi connectivity index (χ3v) is 3.57. The minimum Gasteiger partial charge on any atom is -0.462 e. The minimum atomic E-state index is -0.353. The maximum absolute atomic E-state index is 12.1. The summed E-state index contributed by atoms with van der Waals surface area (Å²) in [5, 5.41) is 7.47. The molecule has 112 valence electrons. The normalized spacial score (nSPS) is 19.0. The van der Waals surface area contributed by atoms with Gasteiger partial charge in [-0.1, -0.05) is 0 Å². The third-order valence-electron chi connectivity index (χ3n) is 3.57. The molecule has 2 aromatic heterocycles. The molecule has 0 spiro atoms. The smallest absolute Gasteiger partial charge is 0.339 e. The first-order valence-corrected chi connectivity index (χ1v) is 7.06. The number of aromatic amines is 1. The van der Waals surface area contributed by atoms with Gasteiger partial charge in [0.15, 0.2) is 5.65 Å². The second kappa shape index (κ2) is 5.69. The number of hydrogen-bond donors (Lipinski definition) is 1. The van der Waals surface area contributed by atoms with Gasteiger partial charge in [0.25, 0.3) is 0 Å². The number of anilines is 1. The number of carbonyl (C=O) groups excluding carboxylic acids is 1. The number of carbonyl (C=O) groups is 1. The Balaban J connectivity index is 2.05. The van der Waals surface area contributed by atoms with Gasteiger partial charge in [-0.05, 0) is 19.9 Å². The molecule has 2 aromatic rings. The zero-order valence-electron chi connectivity index (χ0n) is 12.1. The van der Waals surface area contributed by atoms with E-state index in [-0.39, 0.29) is 12.0 Å². The fourth-order valence-corrected chi connectivity index (χ4v) is 2.51. The van der Waals surface area contributed by atoms with Crippen molar-refractivity contribution in [2.45, 2.75) is 19.9 Å². The zero-order chi connectivity index (χ0) is 14.8. The van der Waals surface area contributed by atoms with E-state index >= 15 is 0 Å². The first-order chi connectivity index (χ1) is 10.2. The molecule has 7 heteroatoms. The Morgan fingerprint density at radius 1 is 1.62 bits per heavy atom. The van der Waals surface area contributed by atoms with Crippen molar-refractivity contribution in [1.82, 2.24) is 15.2 Å². The van der Waals surface area contributed by atoms with Crippen LogP contribution in [-0.4, -0.2) is 53.6 Å². The molecule has 0 aromatic carbocycles. The molecule has 1 atom stereocenters. The van der Waals surface area contributed by atoms with E-state index in [1.54, 1.807) is 19.2 Å². The fraction of sp³-hybridized carbons (Fsp3) is 0.500. The van der Waals surface area contributed by atoms with Gasteiger partial charge in [-0.3, -0.25) is 5.10 Å². The average Bonchev–Trinajstić information content (AvgIpc) is 2.95. The van der Waals surface area contributed by atoms with Crippen LogP contribution in [-0.2, 0) is 9.47 Å². The lowest BCUT2D eigenvalue weighted by molar-refractivity contribution is 0.0528. The Morgan fingerprint density at radius 3 is 3.24 bits per heavy atom. The van der Waals surface area contributed by atoms with Gasteiger partial charge in [-0.15, -0.1) is 0 Å². The molecule has 21 heavy (non-hydrogen) atoms. The molecule has 0 saturated carbocycles. The predicted molar refractivity (Wildman–Crippen MR) is 77.5 cm³/mol. The maximum atomic E-state index is 12.1. The highest BCUT2D eigenvalue weighted by Gasteiger charge is 2.23. The van der Waals surface area contributed by atoms with Crippen molar-refractivity contribution >= 4 is 22.8 Å². The zero-order valence-corrected chi connectivity index (χ0v) is 12.1. The summed E-state index contributed by atoms with van der Waals surface area (Å²) in [5.74, 6) is 0.388. The van der Waals surface area contributed by atoms with Crippen LogP contribution in [0.25, 0.3) is 11.0 Å². The monoisotopic (exact) mass is 290 g/mol. The number of ether oxygens (including phenoxy) is 2. The van der Waals surface area contributed by atoms with Gasteiger partial charge in [0.2, 0.25) is 0 Å². The van der Waals surface area contributed by atoms with Gasteiger partial charge in [0.05, 0.1) is 43.0 Å². The fourth-order valence-electron chi connectivity index (χ4n) is 2.51. The van der Waals surface area contributed by atoms with Crippen molar-refractivity contribution < 1.29 is 14.3 Å². The summed E-state index contributed by atoms with van der Waals surface area (Å²) in [7, 11) is 0. The first kappa shape index (κ1) is 13.8. The Kier molecular flexibility index (Phi) is 3.74. The second-order valence-corrected chi connectivity index (χ2v) is 5.00. The summed E-state index contributed by atoms with van der Waals surface area (Å²) >= 11 is 0. The van der Waals surface area contributed by atoms with Crippen LogP contribution in [0, 0.1) is 0 Å². The van der Waals surface area contributed by atoms with Crippen molar-refractivity contribution in [2.75, 3.05) is 31.3 Å². The van der Waals surface area contributed by atoms with Crippen molar-refractivity contribution in [3.63, 3.8) is 0 Å². The Hall–Kier alpha value is -2.15. The number of fused-ring (bicyclic) bond motifs is 1. The molecule has 1 N–H and O–H groups in total. The molecule has 3 rings (SSSR count). The SMILES string of the molecule is CCOC(=O)c1cc(N2CCOC[C@H]2C)nc2[nH]ncc12. The third kappa shape index (κ3) is 2.56. The van der Waals surface area contributed by atoms with Gasteiger partial charge in [-0.25, -0.2) is 9.78 Å². The second-order valence-electron chi connectivity index (χ2n) is 5.00. The summed E-state index contributed by atoms with van der Waals surface area (Å²) in [6.07, 6.45) is 1.60. The van der Waals surface area contributed by atoms with Crippen LogP contribution in [0.15, 0.2) is 12.3 Å². The largest absolute Gasteiger partial charge is 0.462 e. The summed E-state index contributed by atoms with van der Waals surface area (Å²) in [6.45, 7) is 6.25. The van der Waals surface area contributed by atoms with Crippen LogP contribution >= 0.6 is 0 Å². The van der Waals surface area contributed by atoms with Crippen molar-refractivity contribution in [3.8, 4) is 0 Å². The highest BCUT2D eigenvalue weighted by Crippen LogP contribution is 2.24. The lowest BCUT2D eigenvalue weighted by Crippen LogP contribution is -2.44. The minimum absolute atomic E-state index is 0.210. The van der Waals surface area contributed by atoms with E-state index in [0.29, 0.717) is 36.4 Å². The van der Waals surface area contributed by atoms with E-state index in [1.807, 2.05) is 0 Å². The quantitative estimate of drug-likeness (QED) is 0.860. The molecule has 7 nitrogen and oxygen atoms in total. The molecule has 0 amide bonds. The number of aromatic nitrogens is 3. The van der Waals surface area contributed by atoms with Gasteiger partial charge < -0.3 is 14.4 Å². The van der Waals surface area contributed by atoms with Crippen molar-refractivity contribution in [1.29, 1.82) is 0 Å². The molecule has 0 aliphatic carbocycles. The molecule has 1 saturated heterocycles. The number of esters is 1. The van der Waals surface area contributed by atoms with E-state index in [9.17, 15) is 4.79 Å². The predicted octanol–water partition coefficient (Wildman–Crippen LogP) is 1.36. The highest BCUT2D eigenvalue weighted by atomic mass is 16.5. The standard InChI is InChI=1S/C14H18N4O3/c1-3-21-14(19)10-6-12(16-13-11(10)7-15-17-13)18-4-5-20-8-9(18)2/h6-7,9H,3-5,8H2,1-2H3,(H,15,16,17)/t9-/m1/s1. The molecule has 0 bridgehead atoms. The molecular formula is C14H18N4O3. The van der Waals surface area contributed by atoms with Crippen LogP contribution < -0.4 is 4.90 Å². The molecule has 3 heterocycles. The summed E-state index contributed by atoms with van der Waals surface area (Å²) < 4.78 is 10.6. The van der Waals surface area contributed by atoms with Gasteiger partial charge in [0.1, 0.15) is 5.82 Å². The number of hydrogen-bond acceptors (Lipinski definition) is 6. The molecule has 1 fully saturated rings. The molecule has 0 radical (unpaired) electrons. The summed E-state index contributed by atoms with van der Waals surface area (Å²) in [4.78, 5) is 18.8. The topological polar surface area (TPSA) is 80.3 Å². The maximum Gasteiger partial charge on any atom is 0.339 e. The van der Waals surface area contributed by atoms with Crippen molar-refractivity contribution in [3.05, 3.63) is 17.8 Å². The van der Waals surface area contributed by atoms with Gasteiger partial charge in [-0.2, -0.15) is 5.10 Å². The van der Waals surface area contributed by atoms with E-state index < -0.39 is 0 Å².